The second-order valence-electron chi connectivity index (χ2n) is 3.98. The molecule has 0 aromatic carbocycles. The zero-order chi connectivity index (χ0) is 10.2. The fourth-order valence-electron chi connectivity index (χ4n) is 2.04. The highest BCUT2D eigenvalue weighted by Crippen LogP contribution is 2.19. The first kappa shape index (κ1) is 12.3. The first-order valence-electron chi connectivity index (χ1n) is 5.73. The Hall–Kier alpha value is 0.210. The molecule has 2 nitrogen and oxygen atoms in total. The van der Waals surface area contributed by atoms with E-state index < -0.39 is 0 Å². The van der Waals surface area contributed by atoms with Gasteiger partial charge in [-0.3, -0.25) is 0 Å². The zero-order valence-corrected chi connectivity index (χ0v) is 9.93. The van der Waals surface area contributed by atoms with Gasteiger partial charge in [0.15, 0.2) is 0 Å². The van der Waals surface area contributed by atoms with Crippen molar-refractivity contribution in [2.24, 2.45) is 5.92 Å². The molecule has 0 bridgehead atoms. The minimum absolute atomic E-state index is 0.817. The van der Waals surface area contributed by atoms with E-state index in [9.17, 15) is 0 Å². The van der Waals surface area contributed by atoms with Gasteiger partial charge in [0.1, 0.15) is 0 Å². The summed E-state index contributed by atoms with van der Waals surface area (Å²) in [4.78, 5) is 2.54. The van der Waals surface area contributed by atoms with Crippen molar-refractivity contribution < 1.29 is 4.74 Å². The highest BCUT2D eigenvalue weighted by molar-refractivity contribution is 6.17. The molecule has 0 aromatic rings. The molecule has 0 saturated carbocycles. The Bertz CT molecular complexity index is 143. The normalized spacial score (nSPS) is 23.1. The van der Waals surface area contributed by atoms with Gasteiger partial charge in [-0.25, -0.2) is 0 Å². The molecule has 84 valence electrons. The summed E-state index contributed by atoms with van der Waals surface area (Å²) in [6, 6.07) is 0. The van der Waals surface area contributed by atoms with E-state index in [1.54, 1.807) is 0 Å². The first-order chi connectivity index (χ1) is 6.86. The van der Waals surface area contributed by atoms with Gasteiger partial charge in [-0.1, -0.05) is 0 Å². The third-order valence-corrected chi connectivity index (χ3v) is 3.07. The molecule has 3 heteroatoms. The molecule has 1 fully saturated rings. The zero-order valence-electron chi connectivity index (χ0n) is 9.17. The Balaban J connectivity index is 1.98. The first-order valence-corrected chi connectivity index (χ1v) is 6.26. The van der Waals surface area contributed by atoms with Gasteiger partial charge >= 0.3 is 0 Å². The number of rotatable bonds is 7. The van der Waals surface area contributed by atoms with E-state index in [0.717, 1.165) is 25.0 Å². The molecular weight excluding hydrogens is 198 g/mol. The van der Waals surface area contributed by atoms with Crippen LogP contribution < -0.4 is 0 Å². The standard InChI is InChI=1S/C11H22ClNO/c1-2-14-9-3-7-13-8-5-11(10-13)4-6-12/h11H,2-10H2,1H3. The summed E-state index contributed by atoms with van der Waals surface area (Å²) >= 11 is 5.74. The number of hydrogen-bond acceptors (Lipinski definition) is 2. The summed E-state index contributed by atoms with van der Waals surface area (Å²) in [6.07, 6.45) is 3.69. The molecule has 14 heavy (non-hydrogen) atoms. The molecule has 0 N–H and O–H groups in total. The third kappa shape index (κ3) is 4.63. The van der Waals surface area contributed by atoms with Crippen LogP contribution in [0.3, 0.4) is 0 Å². The van der Waals surface area contributed by atoms with Crippen LogP contribution in [0.2, 0.25) is 0 Å². The van der Waals surface area contributed by atoms with Crippen LogP contribution in [0.5, 0.6) is 0 Å². The molecule has 0 amide bonds. The van der Waals surface area contributed by atoms with Crippen molar-refractivity contribution in [3.63, 3.8) is 0 Å². The molecule has 0 aliphatic carbocycles. The van der Waals surface area contributed by atoms with E-state index in [1.807, 2.05) is 6.92 Å². The average Bonchev–Trinajstić information content (AvgIpc) is 2.61. The Morgan fingerprint density at radius 3 is 3.07 bits per heavy atom. The summed E-state index contributed by atoms with van der Waals surface area (Å²) in [7, 11) is 0. The molecule has 1 unspecified atom stereocenters. The minimum atomic E-state index is 0.817. The maximum atomic E-state index is 5.74. The summed E-state index contributed by atoms with van der Waals surface area (Å²) < 4.78 is 5.32. The van der Waals surface area contributed by atoms with Crippen LogP contribution in [0.25, 0.3) is 0 Å². The minimum Gasteiger partial charge on any atom is -0.382 e. The van der Waals surface area contributed by atoms with Crippen molar-refractivity contribution in [3.05, 3.63) is 0 Å². The lowest BCUT2D eigenvalue weighted by atomic mass is 10.1. The molecule has 1 aliphatic rings. The lowest BCUT2D eigenvalue weighted by molar-refractivity contribution is 0.135. The SMILES string of the molecule is CCOCCCN1CCC(CCCl)C1. The van der Waals surface area contributed by atoms with Crippen molar-refractivity contribution in [2.75, 3.05) is 38.7 Å². The van der Waals surface area contributed by atoms with Gasteiger partial charge in [-0.15, -0.1) is 11.6 Å². The van der Waals surface area contributed by atoms with E-state index >= 15 is 0 Å². The van der Waals surface area contributed by atoms with E-state index in [4.69, 9.17) is 16.3 Å². The maximum Gasteiger partial charge on any atom is 0.0478 e. The molecule has 1 heterocycles. The van der Waals surface area contributed by atoms with Crippen molar-refractivity contribution >= 4 is 11.6 Å². The molecule has 1 saturated heterocycles. The largest absolute Gasteiger partial charge is 0.382 e. The smallest absolute Gasteiger partial charge is 0.0478 e. The number of ether oxygens (including phenoxy) is 1. The molecule has 0 aromatic heterocycles. The summed E-state index contributed by atoms with van der Waals surface area (Å²) in [6.45, 7) is 7.50. The van der Waals surface area contributed by atoms with Gasteiger partial charge < -0.3 is 9.64 Å². The van der Waals surface area contributed by atoms with Gasteiger partial charge in [0.05, 0.1) is 0 Å². The monoisotopic (exact) mass is 219 g/mol. The predicted molar refractivity (Wildman–Crippen MR) is 61.0 cm³/mol. The third-order valence-electron chi connectivity index (χ3n) is 2.85. The van der Waals surface area contributed by atoms with Crippen LogP contribution in [-0.4, -0.2) is 43.6 Å². The van der Waals surface area contributed by atoms with E-state index in [1.165, 1.54) is 38.9 Å². The van der Waals surface area contributed by atoms with Crippen LogP contribution in [0.1, 0.15) is 26.2 Å². The highest BCUT2D eigenvalue weighted by Gasteiger charge is 2.20. The number of likely N-dealkylation sites (tertiary alicyclic amines) is 1. The molecular formula is C11H22ClNO. The number of alkyl halides is 1. The second-order valence-corrected chi connectivity index (χ2v) is 4.36. The van der Waals surface area contributed by atoms with Crippen molar-refractivity contribution in [1.29, 1.82) is 0 Å². The van der Waals surface area contributed by atoms with Crippen LogP contribution in [0, 0.1) is 5.92 Å². The number of halogens is 1. The Morgan fingerprint density at radius 2 is 2.36 bits per heavy atom. The lowest BCUT2D eigenvalue weighted by Gasteiger charge is -2.15. The van der Waals surface area contributed by atoms with E-state index in [0.29, 0.717) is 0 Å². The Labute approximate surface area is 92.6 Å². The second kappa shape index (κ2) is 7.49. The summed E-state index contributed by atoms with van der Waals surface area (Å²) in [5.74, 6) is 1.66. The number of hydrogen-bond donors (Lipinski definition) is 0. The Kier molecular flexibility index (Phi) is 6.57. The van der Waals surface area contributed by atoms with E-state index in [2.05, 4.69) is 4.90 Å². The van der Waals surface area contributed by atoms with Crippen molar-refractivity contribution in [2.45, 2.75) is 26.2 Å². The van der Waals surface area contributed by atoms with Crippen LogP contribution in [-0.2, 0) is 4.74 Å². The highest BCUT2D eigenvalue weighted by atomic mass is 35.5. The van der Waals surface area contributed by atoms with E-state index in [-0.39, 0.29) is 0 Å². The van der Waals surface area contributed by atoms with Crippen LogP contribution in [0.4, 0.5) is 0 Å². The van der Waals surface area contributed by atoms with Crippen molar-refractivity contribution in [1.82, 2.24) is 4.90 Å². The fourth-order valence-corrected chi connectivity index (χ4v) is 2.35. The average molecular weight is 220 g/mol. The summed E-state index contributed by atoms with van der Waals surface area (Å²) in [5, 5.41) is 0. The number of nitrogens with zero attached hydrogens (tertiary/aromatic N) is 1. The predicted octanol–water partition coefficient (Wildman–Crippen LogP) is 2.36. The van der Waals surface area contributed by atoms with Gasteiger partial charge in [0.2, 0.25) is 0 Å². The van der Waals surface area contributed by atoms with Gasteiger partial charge in [-0.05, 0) is 38.6 Å². The molecule has 0 spiro atoms. The van der Waals surface area contributed by atoms with Gasteiger partial charge in [0.25, 0.3) is 0 Å². The Morgan fingerprint density at radius 1 is 1.50 bits per heavy atom. The molecule has 1 rings (SSSR count). The fraction of sp³-hybridized carbons (Fsp3) is 1.00. The molecule has 1 aliphatic heterocycles. The van der Waals surface area contributed by atoms with Crippen LogP contribution in [0.15, 0.2) is 0 Å². The lowest BCUT2D eigenvalue weighted by Crippen LogP contribution is -2.23. The topological polar surface area (TPSA) is 12.5 Å². The molecule has 0 radical (unpaired) electrons. The maximum absolute atomic E-state index is 5.74. The van der Waals surface area contributed by atoms with Crippen molar-refractivity contribution in [3.8, 4) is 0 Å². The van der Waals surface area contributed by atoms with Gasteiger partial charge in [0, 0.05) is 32.2 Å². The molecule has 1 atom stereocenters. The van der Waals surface area contributed by atoms with Gasteiger partial charge in [-0.2, -0.15) is 0 Å². The summed E-state index contributed by atoms with van der Waals surface area (Å²) in [5.41, 5.74) is 0. The quantitative estimate of drug-likeness (QED) is 0.482. The van der Waals surface area contributed by atoms with Crippen LogP contribution >= 0.6 is 11.6 Å².